The molecule has 0 radical (unpaired) electrons. The van der Waals surface area contributed by atoms with Gasteiger partial charge in [-0.15, -0.1) is 0 Å². The molecule has 5 aromatic rings. The molecule has 5 rings (SSSR count). The molecule has 0 aliphatic heterocycles. The molecule has 0 aliphatic carbocycles. The maximum absolute atomic E-state index is 8.14. The third-order valence-electron chi connectivity index (χ3n) is 5.67. The molecular formula is C28H28N2Se. The SMILES string of the molecule is [2H]C([2H])([2H])c1nnc(-c2cc(C)cc(C)c2)c2[se]c3c4ccc(CC(C)(C)C)cc4ccc3c12. The number of nitrogens with zero attached hydrogens (tertiary/aromatic N) is 2. The quantitative estimate of drug-likeness (QED) is 0.253. The Morgan fingerprint density at radius 3 is 2.32 bits per heavy atom. The van der Waals surface area contributed by atoms with Gasteiger partial charge in [0, 0.05) is 0 Å². The summed E-state index contributed by atoms with van der Waals surface area (Å²) in [5.74, 6) is 0. The zero-order valence-corrected chi connectivity index (χ0v) is 20.3. The predicted octanol–water partition coefficient (Wildman–Crippen LogP) is 7.17. The third kappa shape index (κ3) is 3.71. The average molecular weight is 475 g/mol. The fraction of sp³-hybridized carbons (Fsp3) is 0.286. The molecule has 0 saturated carbocycles. The number of aromatic nitrogens is 2. The van der Waals surface area contributed by atoms with Crippen LogP contribution in [-0.2, 0) is 6.42 Å². The summed E-state index contributed by atoms with van der Waals surface area (Å²) in [6.07, 6.45) is 1.01. The summed E-state index contributed by atoms with van der Waals surface area (Å²) in [4.78, 5) is 0. The standard InChI is InChI=1S/C28H28N2Se/c1-16-11-17(2)13-21(12-16)25-27-24(18(3)29-30-25)23-10-8-20-14-19(15-28(4,5)6)7-9-22(20)26(23)31-27/h7-14H,15H2,1-6H3/i3D3. The van der Waals surface area contributed by atoms with Gasteiger partial charge in [0.25, 0.3) is 0 Å². The van der Waals surface area contributed by atoms with Gasteiger partial charge in [-0.25, -0.2) is 0 Å². The summed E-state index contributed by atoms with van der Waals surface area (Å²) >= 11 is -0.0708. The molecule has 0 N–H and O–H groups in total. The van der Waals surface area contributed by atoms with Crippen molar-refractivity contribution in [3.8, 4) is 11.3 Å². The van der Waals surface area contributed by atoms with E-state index in [1.165, 1.54) is 20.6 Å². The van der Waals surface area contributed by atoms with Gasteiger partial charge in [0.1, 0.15) is 0 Å². The van der Waals surface area contributed by atoms with E-state index in [0.717, 1.165) is 43.8 Å². The molecule has 3 aromatic carbocycles. The van der Waals surface area contributed by atoms with E-state index in [1.54, 1.807) is 0 Å². The number of hydrogen-bond acceptors (Lipinski definition) is 2. The molecule has 0 unspecified atom stereocenters. The first-order valence-corrected chi connectivity index (χ1v) is 12.4. The van der Waals surface area contributed by atoms with Crippen LogP contribution in [0.3, 0.4) is 0 Å². The van der Waals surface area contributed by atoms with Crippen LogP contribution in [0.15, 0.2) is 48.5 Å². The topological polar surface area (TPSA) is 25.8 Å². The molecule has 156 valence electrons. The normalized spacial score (nSPS) is 14.2. The Labute approximate surface area is 194 Å². The maximum atomic E-state index is 8.14. The molecule has 0 fully saturated rings. The van der Waals surface area contributed by atoms with Crippen LogP contribution in [0.5, 0.6) is 0 Å². The number of hydrogen-bond donors (Lipinski definition) is 0. The zero-order chi connectivity index (χ0) is 24.4. The molecule has 3 heteroatoms. The fourth-order valence-electron chi connectivity index (χ4n) is 4.55. The number of fused-ring (bicyclic) bond motifs is 5. The van der Waals surface area contributed by atoms with E-state index in [9.17, 15) is 0 Å². The van der Waals surface area contributed by atoms with Crippen LogP contribution in [0.25, 0.3) is 41.3 Å². The Morgan fingerprint density at radius 1 is 0.871 bits per heavy atom. The molecule has 0 bridgehead atoms. The van der Waals surface area contributed by atoms with Crippen LogP contribution >= 0.6 is 0 Å². The monoisotopic (exact) mass is 475 g/mol. The van der Waals surface area contributed by atoms with Crippen LogP contribution in [0.1, 0.15) is 47.3 Å². The van der Waals surface area contributed by atoms with E-state index >= 15 is 0 Å². The Kier molecular flexibility index (Phi) is 4.03. The molecule has 0 spiro atoms. The van der Waals surface area contributed by atoms with Gasteiger partial charge >= 0.3 is 194 Å². The fourth-order valence-corrected chi connectivity index (χ4v) is 7.37. The Hall–Kier alpha value is -2.48. The van der Waals surface area contributed by atoms with Crippen molar-refractivity contribution in [2.75, 3.05) is 0 Å². The van der Waals surface area contributed by atoms with Crippen LogP contribution < -0.4 is 0 Å². The van der Waals surface area contributed by atoms with Gasteiger partial charge in [0.15, 0.2) is 0 Å². The van der Waals surface area contributed by atoms with Crippen molar-refractivity contribution in [1.82, 2.24) is 10.2 Å². The first-order valence-electron chi connectivity index (χ1n) is 12.1. The van der Waals surface area contributed by atoms with E-state index in [1.807, 2.05) is 0 Å². The van der Waals surface area contributed by atoms with Crippen molar-refractivity contribution < 1.29 is 4.11 Å². The molecule has 0 aliphatic rings. The summed E-state index contributed by atoms with van der Waals surface area (Å²) in [6, 6.07) is 17.3. The first-order chi connectivity index (χ1) is 15.9. The second kappa shape index (κ2) is 7.29. The van der Waals surface area contributed by atoms with Crippen molar-refractivity contribution in [3.05, 3.63) is 70.9 Å². The summed E-state index contributed by atoms with van der Waals surface area (Å²) < 4.78 is 26.7. The molecular weight excluding hydrogens is 443 g/mol. The molecule has 0 amide bonds. The molecule has 2 aromatic heterocycles. The van der Waals surface area contributed by atoms with Gasteiger partial charge in [-0.05, 0) is 0 Å². The molecule has 2 nitrogen and oxygen atoms in total. The van der Waals surface area contributed by atoms with E-state index < -0.39 is 6.85 Å². The van der Waals surface area contributed by atoms with E-state index in [4.69, 9.17) is 4.11 Å². The van der Waals surface area contributed by atoms with Gasteiger partial charge in [0.2, 0.25) is 0 Å². The second-order valence-electron chi connectivity index (χ2n) is 9.81. The Balaban J connectivity index is 1.84. The van der Waals surface area contributed by atoms with Crippen molar-refractivity contribution in [2.45, 2.75) is 47.9 Å². The number of aryl methyl sites for hydroxylation is 3. The van der Waals surface area contributed by atoms with Crippen LogP contribution in [0, 0.1) is 26.1 Å². The molecule has 31 heavy (non-hydrogen) atoms. The second-order valence-corrected chi connectivity index (χ2v) is 12.0. The van der Waals surface area contributed by atoms with Gasteiger partial charge in [-0.1, -0.05) is 0 Å². The minimum atomic E-state index is -2.32. The Bertz CT molecular complexity index is 1550. The number of benzene rings is 3. The Morgan fingerprint density at radius 2 is 1.61 bits per heavy atom. The predicted molar refractivity (Wildman–Crippen MR) is 134 cm³/mol. The number of rotatable bonds is 2. The van der Waals surface area contributed by atoms with Gasteiger partial charge < -0.3 is 0 Å². The summed E-state index contributed by atoms with van der Waals surface area (Å²) in [6.45, 7) is 8.59. The summed E-state index contributed by atoms with van der Waals surface area (Å²) in [7, 11) is 0. The zero-order valence-electron chi connectivity index (χ0n) is 21.6. The summed E-state index contributed by atoms with van der Waals surface area (Å²) in [5.41, 5.74) is 5.78. The van der Waals surface area contributed by atoms with Crippen molar-refractivity contribution >= 4 is 44.6 Å². The first kappa shape index (κ1) is 17.1. The molecule has 2 heterocycles. The van der Waals surface area contributed by atoms with E-state index in [0.29, 0.717) is 0 Å². The van der Waals surface area contributed by atoms with Crippen molar-refractivity contribution in [1.29, 1.82) is 0 Å². The molecule has 0 atom stereocenters. The summed E-state index contributed by atoms with van der Waals surface area (Å²) in [5, 5.41) is 13.0. The van der Waals surface area contributed by atoms with Crippen LogP contribution in [-0.4, -0.2) is 24.7 Å². The minimum absolute atomic E-state index is 0.0708. The van der Waals surface area contributed by atoms with Crippen LogP contribution in [0.2, 0.25) is 0 Å². The van der Waals surface area contributed by atoms with Gasteiger partial charge in [-0.2, -0.15) is 0 Å². The van der Waals surface area contributed by atoms with Crippen molar-refractivity contribution in [3.63, 3.8) is 0 Å². The van der Waals surface area contributed by atoms with Crippen molar-refractivity contribution in [2.24, 2.45) is 5.41 Å². The van der Waals surface area contributed by atoms with Crippen LogP contribution in [0.4, 0.5) is 0 Å². The van der Waals surface area contributed by atoms with Gasteiger partial charge in [-0.3, -0.25) is 0 Å². The van der Waals surface area contributed by atoms with E-state index in [2.05, 4.69) is 93.3 Å². The molecule has 0 saturated heterocycles. The average Bonchev–Trinajstić information content (AvgIpc) is 3.10. The third-order valence-corrected chi connectivity index (χ3v) is 8.28. The van der Waals surface area contributed by atoms with E-state index in [-0.39, 0.29) is 25.6 Å². The van der Waals surface area contributed by atoms with Gasteiger partial charge in [0.05, 0.1) is 0 Å².